The van der Waals surface area contributed by atoms with Crippen LogP contribution in [0.1, 0.15) is 46.5 Å². The van der Waals surface area contributed by atoms with E-state index in [1.54, 1.807) is 25.4 Å². The minimum absolute atomic E-state index is 0.00364. The molecule has 0 unspecified atom stereocenters. The smallest absolute Gasteiger partial charge is 0.271 e. The van der Waals surface area contributed by atoms with E-state index >= 15 is 0 Å². The first kappa shape index (κ1) is 20.5. The number of benzene rings is 1. The van der Waals surface area contributed by atoms with E-state index in [-0.39, 0.29) is 23.1 Å². The Balaban J connectivity index is 1.52. The van der Waals surface area contributed by atoms with E-state index in [1.165, 1.54) is 10.9 Å². The van der Waals surface area contributed by atoms with Crippen molar-refractivity contribution in [1.29, 1.82) is 0 Å². The SMILES string of the molecule is Cn1cc(NC(=O)[C@H]2CCCC[C@@H]2C(=O)c2ccc(-c3ccn[nH]3)cc2)c(C(N)=O)n1. The number of H-pyrrole nitrogens is 1. The Morgan fingerprint density at radius 1 is 1.10 bits per heavy atom. The maximum atomic E-state index is 13.3. The van der Waals surface area contributed by atoms with Gasteiger partial charge in [0.2, 0.25) is 5.91 Å². The van der Waals surface area contributed by atoms with Gasteiger partial charge >= 0.3 is 0 Å². The Morgan fingerprint density at radius 3 is 2.45 bits per heavy atom. The largest absolute Gasteiger partial charge is 0.364 e. The topological polar surface area (TPSA) is 136 Å². The van der Waals surface area contributed by atoms with Gasteiger partial charge in [0.1, 0.15) is 0 Å². The first-order valence-corrected chi connectivity index (χ1v) is 10.2. The van der Waals surface area contributed by atoms with Crippen LogP contribution in [-0.4, -0.2) is 37.6 Å². The van der Waals surface area contributed by atoms with Crippen molar-refractivity contribution in [2.75, 3.05) is 5.32 Å². The van der Waals surface area contributed by atoms with Gasteiger partial charge < -0.3 is 11.1 Å². The van der Waals surface area contributed by atoms with Crippen molar-refractivity contribution in [3.8, 4) is 11.3 Å². The zero-order valence-corrected chi connectivity index (χ0v) is 17.2. The molecule has 2 atom stereocenters. The predicted octanol–water partition coefficient (Wildman–Crippen LogP) is 2.54. The summed E-state index contributed by atoms with van der Waals surface area (Å²) in [7, 11) is 1.64. The summed E-state index contributed by atoms with van der Waals surface area (Å²) in [5.74, 6) is -1.95. The van der Waals surface area contributed by atoms with Crippen molar-refractivity contribution in [2.45, 2.75) is 25.7 Å². The number of rotatable bonds is 6. The molecular weight excluding hydrogens is 396 g/mol. The maximum absolute atomic E-state index is 13.3. The standard InChI is InChI=1S/C22H24N6O3/c1-28-12-18(19(27-28)21(23)30)25-22(31)16-5-3-2-4-15(16)20(29)14-8-6-13(7-9-14)17-10-11-24-26-17/h6-12,15-16H,2-5H2,1H3,(H2,23,30)(H,24,26)(H,25,31)/t15-,16-/m0/s1. The molecule has 160 valence electrons. The number of aromatic amines is 1. The molecule has 9 nitrogen and oxygen atoms in total. The molecule has 1 aromatic carbocycles. The number of primary amides is 1. The number of aryl methyl sites for hydroxylation is 1. The number of ketones is 1. The van der Waals surface area contributed by atoms with Gasteiger partial charge in [-0.1, -0.05) is 37.1 Å². The van der Waals surface area contributed by atoms with Crippen LogP contribution in [0, 0.1) is 11.8 Å². The molecule has 2 heterocycles. The molecule has 0 radical (unpaired) electrons. The average molecular weight is 420 g/mol. The number of anilines is 1. The maximum Gasteiger partial charge on any atom is 0.271 e. The normalized spacial score (nSPS) is 18.5. The summed E-state index contributed by atoms with van der Waals surface area (Å²) in [6.07, 6.45) is 6.23. The second-order valence-corrected chi connectivity index (χ2v) is 7.83. The number of carbonyl (C=O) groups is 3. The summed E-state index contributed by atoms with van der Waals surface area (Å²) in [5, 5.41) is 13.6. The number of hydrogen-bond acceptors (Lipinski definition) is 5. The number of Topliss-reactive ketones (excluding diaryl/α,β-unsaturated/α-hetero) is 1. The second-order valence-electron chi connectivity index (χ2n) is 7.83. The number of carbonyl (C=O) groups excluding carboxylic acids is 3. The summed E-state index contributed by atoms with van der Waals surface area (Å²) in [6.45, 7) is 0. The molecule has 3 aromatic rings. The molecular formula is C22H24N6O3. The van der Waals surface area contributed by atoms with Crippen LogP contribution in [0.2, 0.25) is 0 Å². The molecule has 0 bridgehead atoms. The Labute approximate surface area is 179 Å². The Bertz CT molecular complexity index is 1100. The summed E-state index contributed by atoms with van der Waals surface area (Å²) in [6, 6.07) is 9.17. The van der Waals surface area contributed by atoms with Crippen molar-refractivity contribution in [1.82, 2.24) is 20.0 Å². The van der Waals surface area contributed by atoms with Crippen LogP contribution >= 0.6 is 0 Å². The zero-order chi connectivity index (χ0) is 22.0. The van der Waals surface area contributed by atoms with E-state index in [1.807, 2.05) is 18.2 Å². The Morgan fingerprint density at radius 2 is 1.81 bits per heavy atom. The molecule has 0 aliphatic heterocycles. The van der Waals surface area contributed by atoms with Crippen LogP contribution in [0.5, 0.6) is 0 Å². The third-order valence-corrected chi connectivity index (χ3v) is 5.74. The van der Waals surface area contributed by atoms with Crippen molar-refractivity contribution < 1.29 is 14.4 Å². The van der Waals surface area contributed by atoms with Crippen molar-refractivity contribution >= 4 is 23.3 Å². The lowest BCUT2D eigenvalue weighted by atomic mass is 9.75. The average Bonchev–Trinajstić information content (AvgIpc) is 3.43. The van der Waals surface area contributed by atoms with Crippen molar-refractivity contribution in [3.63, 3.8) is 0 Å². The highest BCUT2D eigenvalue weighted by Gasteiger charge is 2.36. The Kier molecular flexibility index (Phi) is 5.66. The van der Waals surface area contributed by atoms with Gasteiger partial charge in [-0.15, -0.1) is 0 Å². The Hall–Kier alpha value is -3.75. The highest BCUT2D eigenvalue weighted by Crippen LogP contribution is 2.34. The van der Waals surface area contributed by atoms with Gasteiger partial charge in [0.15, 0.2) is 11.5 Å². The number of nitrogens with one attached hydrogen (secondary N) is 2. The molecule has 4 N–H and O–H groups in total. The molecule has 31 heavy (non-hydrogen) atoms. The van der Waals surface area contributed by atoms with Gasteiger partial charge in [-0.2, -0.15) is 10.2 Å². The van der Waals surface area contributed by atoms with E-state index < -0.39 is 17.7 Å². The number of aromatic nitrogens is 4. The molecule has 1 saturated carbocycles. The molecule has 0 spiro atoms. The van der Waals surface area contributed by atoms with Gasteiger partial charge in [-0.3, -0.25) is 24.2 Å². The lowest BCUT2D eigenvalue weighted by Crippen LogP contribution is -2.36. The summed E-state index contributed by atoms with van der Waals surface area (Å²) < 4.78 is 1.42. The van der Waals surface area contributed by atoms with Crippen LogP contribution in [0.4, 0.5) is 5.69 Å². The molecule has 9 heteroatoms. The van der Waals surface area contributed by atoms with Crippen LogP contribution in [0.25, 0.3) is 11.3 Å². The van der Waals surface area contributed by atoms with Crippen LogP contribution < -0.4 is 11.1 Å². The van der Waals surface area contributed by atoms with Crippen LogP contribution in [-0.2, 0) is 11.8 Å². The molecule has 2 amide bonds. The minimum Gasteiger partial charge on any atom is -0.364 e. The quantitative estimate of drug-likeness (QED) is 0.527. The summed E-state index contributed by atoms with van der Waals surface area (Å²) in [4.78, 5) is 37.9. The summed E-state index contributed by atoms with van der Waals surface area (Å²) in [5.41, 5.74) is 8.00. The third kappa shape index (κ3) is 4.25. The van der Waals surface area contributed by atoms with E-state index in [2.05, 4.69) is 20.6 Å². The van der Waals surface area contributed by atoms with Gasteiger partial charge in [0.25, 0.3) is 5.91 Å². The summed E-state index contributed by atoms with van der Waals surface area (Å²) >= 11 is 0. The van der Waals surface area contributed by atoms with E-state index in [4.69, 9.17) is 5.73 Å². The minimum atomic E-state index is -0.718. The first-order valence-electron chi connectivity index (χ1n) is 10.2. The number of hydrogen-bond donors (Lipinski definition) is 3. The van der Waals surface area contributed by atoms with Crippen LogP contribution in [0.3, 0.4) is 0 Å². The monoisotopic (exact) mass is 420 g/mol. The molecule has 1 aliphatic rings. The number of nitrogens with zero attached hydrogens (tertiary/aromatic N) is 3. The van der Waals surface area contributed by atoms with Gasteiger partial charge in [-0.05, 0) is 24.5 Å². The molecule has 1 aliphatic carbocycles. The number of amides is 2. The van der Waals surface area contributed by atoms with Crippen molar-refractivity contribution in [2.24, 2.45) is 24.6 Å². The zero-order valence-electron chi connectivity index (χ0n) is 17.2. The predicted molar refractivity (Wildman–Crippen MR) is 114 cm³/mol. The fraction of sp³-hybridized carbons (Fsp3) is 0.318. The third-order valence-electron chi connectivity index (χ3n) is 5.74. The molecule has 4 rings (SSSR count). The van der Waals surface area contributed by atoms with Gasteiger partial charge in [0.05, 0.1) is 11.4 Å². The van der Waals surface area contributed by atoms with Gasteiger partial charge in [-0.25, -0.2) is 0 Å². The van der Waals surface area contributed by atoms with Crippen LogP contribution in [0.15, 0.2) is 42.7 Å². The van der Waals surface area contributed by atoms with Crippen molar-refractivity contribution in [3.05, 3.63) is 54.0 Å². The molecule has 2 aromatic heterocycles. The van der Waals surface area contributed by atoms with E-state index in [9.17, 15) is 14.4 Å². The van der Waals surface area contributed by atoms with E-state index in [0.717, 1.165) is 24.1 Å². The lowest BCUT2D eigenvalue weighted by molar-refractivity contribution is -0.122. The van der Waals surface area contributed by atoms with E-state index in [0.29, 0.717) is 18.4 Å². The fourth-order valence-electron chi connectivity index (χ4n) is 4.19. The highest BCUT2D eigenvalue weighted by atomic mass is 16.2. The second kappa shape index (κ2) is 8.55. The fourth-order valence-corrected chi connectivity index (χ4v) is 4.19. The lowest BCUT2D eigenvalue weighted by Gasteiger charge is -2.29. The first-order chi connectivity index (χ1) is 14.9. The molecule has 0 saturated heterocycles. The highest BCUT2D eigenvalue weighted by molar-refractivity contribution is 6.05. The molecule has 1 fully saturated rings. The number of nitrogens with two attached hydrogens (primary N) is 1. The van der Waals surface area contributed by atoms with Gasteiger partial charge in [0, 0.05) is 36.8 Å².